The molecule has 1 heterocycles. The molecule has 0 spiro atoms. The molecule has 0 aliphatic heterocycles. The SMILES string of the molecule is CC(C)(C)OC(=O)n1cc(-c2ccc(NCCCc3ccccc3Cl)cc2)cn1. The van der Waals surface area contributed by atoms with Crippen molar-refractivity contribution in [2.75, 3.05) is 11.9 Å². The Bertz CT molecular complexity index is 959. The topological polar surface area (TPSA) is 56.1 Å². The Hall–Kier alpha value is -2.79. The molecule has 5 nitrogen and oxygen atoms in total. The van der Waals surface area contributed by atoms with Crippen LogP contribution >= 0.6 is 11.6 Å². The van der Waals surface area contributed by atoms with Crippen molar-refractivity contribution in [2.45, 2.75) is 39.2 Å². The summed E-state index contributed by atoms with van der Waals surface area (Å²) in [6, 6.07) is 16.0. The lowest BCUT2D eigenvalue weighted by Crippen LogP contribution is -2.27. The van der Waals surface area contributed by atoms with E-state index in [-0.39, 0.29) is 0 Å². The Labute approximate surface area is 176 Å². The number of nitrogens with zero attached hydrogens (tertiary/aromatic N) is 2. The number of halogens is 1. The molecule has 0 saturated heterocycles. The number of nitrogens with one attached hydrogen (secondary N) is 1. The average molecular weight is 412 g/mol. The van der Waals surface area contributed by atoms with Gasteiger partial charge in [0.15, 0.2) is 0 Å². The maximum atomic E-state index is 12.1. The number of aryl methyl sites for hydroxylation is 1. The van der Waals surface area contributed by atoms with Crippen LogP contribution in [-0.4, -0.2) is 28.0 Å². The number of aromatic nitrogens is 2. The van der Waals surface area contributed by atoms with Gasteiger partial charge in [0, 0.05) is 29.0 Å². The van der Waals surface area contributed by atoms with Gasteiger partial charge in [-0.05, 0) is 62.9 Å². The zero-order valence-corrected chi connectivity index (χ0v) is 17.7. The number of carbonyl (C=O) groups is 1. The highest BCUT2D eigenvalue weighted by atomic mass is 35.5. The van der Waals surface area contributed by atoms with Crippen LogP contribution in [0.15, 0.2) is 60.9 Å². The van der Waals surface area contributed by atoms with E-state index in [0.717, 1.165) is 41.2 Å². The quantitative estimate of drug-likeness (QED) is 0.503. The Balaban J connectivity index is 1.52. The van der Waals surface area contributed by atoms with E-state index >= 15 is 0 Å². The zero-order chi connectivity index (χ0) is 20.9. The van der Waals surface area contributed by atoms with Crippen LogP contribution in [0.1, 0.15) is 32.8 Å². The van der Waals surface area contributed by atoms with E-state index < -0.39 is 11.7 Å². The lowest BCUT2D eigenvalue weighted by Gasteiger charge is -2.18. The lowest BCUT2D eigenvalue weighted by atomic mass is 10.1. The first-order valence-electron chi connectivity index (χ1n) is 9.67. The van der Waals surface area contributed by atoms with E-state index in [1.54, 1.807) is 12.4 Å². The van der Waals surface area contributed by atoms with Gasteiger partial charge in [-0.3, -0.25) is 0 Å². The predicted octanol–water partition coefficient (Wildman–Crippen LogP) is 6.03. The van der Waals surface area contributed by atoms with Gasteiger partial charge in [0.2, 0.25) is 0 Å². The Morgan fingerprint density at radius 3 is 2.52 bits per heavy atom. The molecule has 29 heavy (non-hydrogen) atoms. The standard InChI is InChI=1S/C23H26ClN3O2/c1-23(2,3)29-22(28)27-16-19(15-26-27)17-10-12-20(13-11-17)25-14-6-8-18-7-4-5-9-21(18)24/h4-5,7,9-13,15-16,25H,6,8,14H2,1-3H3. The Kier molecular flexibility index (Phi) is 6.60. The molecule has 0 aliphatic rings. The third kappa shape index (κ3) is 6.09. The van der Waals surface area contributed by atoms with Crippen LogP contribution in [0.2, 0.25) is 5.02 Å². The van der Waals surface area contributed by atoms with Crippen LogP contribution in [-0.2, 0) is 11.2 Å². The minimum atomic E-state index is -0.553. The second-order valence-corrected chi connectivity index (χ2v) is 8.26. The van der Waals surface area contributed by atoms with Crippen LogP contribution in [0.3, 0.4) is 0 Å². The molecule has 0 amide bonds. The smallest absolute Gasteiger partial charge is 0.435 e. The van der Waals surface area contributed by atoms with Crippen molar-refractivity contribution in [2.24, 2.45) is 0 Å². The molecule has 1 aromatic heterocycles. The maximum absolute atomic E-state index is 12.1. The summed E-state index contributed by atoms with van der Waals surface area (Å²) in [6.45, 7) is 6.35. The van der Waals surface area contributed by atoms with Crippen molar-refractivity contribution in [1.29, 1.82) is 0 Å². The molecule has 3 rings (SSSR count). The van der Waals surface area contributed by atoms with Crippen LogP contribution in [0.4, 0.5) is 10.5 Å². The molecule has 1 N–H and O–H groups in total. The van der Waals surface area contributed by atoms with Crippen LogP contribution < -0.4 is 5.32 Å². The summed E-state index contributed by atoms with van der Waals surface area (Å²) < 4.78 is 6.55. The molecule has 0 fully saturated rings. The third-order valence-electron chi connectivity index (χ3n) is 4.29. The summed E-state index contributed by atoms with van der Waals surface area (Å²) >= 11 is 6.19. The average Bonchev–Trinajstić information content (AvgIpc) is 3.16. The van der Waals surface area contributed by atoms with E-state index in [1.165, 1.54) is 10.2 Å². The van der Waals surface area contributed by atoms with E-state index in [2.05, 4.69) is 16.5 Å². The summed E-state index contributed by atoms with van der Waals surface area (Å²) in [5.41, 5.74) is 3.52. The number of hydrogen-bond acceptors (Lipinski definition) is 4. The Morgan fingerprint density at radius 1 is 1.10 bits per heavy atom. The number of ether oxygens (including phenoxy) is 1. The first-order chi connectivity index (χ1) is 13.8. The first-order valence-corrected chi connectivity index (χ1v) is 10.1. The summed E-state index contributed by atoms with van der Waals surface area (Å²) in [4.78, 5) is 12.1. The molecule has 152 valence electrons. The molecule has 0 bridgehead atoms. The highest BCUT2D eigenvalue weighted by Crippen LogP contribution is 2.22. The van der Waals surface area contributed by atoms with Crippen molar-refractivity contribution < 1.29 is 9.53 Å². The Morgan fingerprint density at radius 2 is 1.83 bits per heavy atom. The lowest BCUT2D eigenvalue weighted by molar-refractivity contribution is 0.0514. The summed E-state index contributed by atoms with van der Waals surface area (Å²) in [6.07, 6.45) is 4.79. The van der Waals surface area contributed by atoms with E-state index in [9.17, 15) is 4.79 Å². The van der Waals surface area contributed by atoms with Crippen molar-refractivity contribution in [3.8, 4) is 11.1 Å². The molecule has 2 aromatic carbocycles. The fourth-order valence-electron chi connectivity index (χ4n) is 2.87. The number of anilines is 1. The molecule has 6 heteroatoms. The summed E-state index contributed by atoms with van der Waals surface area (Å²) in [5, 5.41) is 8.36. The van der Waals surface area contributed by atoms with Gasteiger partial charge in [-0.25, -0.2) is 4.79 Å². The van der Waals surface area contributed by atoms with E-state index in [4.69, 9.17) is 16.3 Å². The predicted molar refractivity (Wildman–Crippen MR) is 118 cm³/mol. The number of carbonyl (C=O) groups excluding carboxylic acids is 1. The largest absolute Gasteiger partial charge is 0.442 e. The normalized spacial score (nSPS) is 11.3. The van der Waals surface area contributed by atoms with Gasteiger partial charge in [-0.1, -0.05) is 41.9 Å². The van der Waals surface area contributed by atoms with Gasteiger partial charge in [0.25, 0.3) is 0 Å². The van der Waals surface area contributed by atoms with Crippen molar-refractivity contribution >= 4 is 23.4 Å². The van der Waals surface area contributed by atoms with Gasteiger partial charge in [-0.15, -0.1) is 0 Å². The fourth-order valence-corrected chi connectivity index (χ4v) is 3.10. The molecule has 0 saturated carbocycles. The first kappa shape index (κ1) is 20.9. The highest BCUT2D eigenvalue weighted by molar-refractivity contribution is 6.31. The molecule has 0 radical (unpaired) electrons. The summed E-state index contributed by atoms with van der Waals surface area (Å²) in [7, 11) is 0. The van der Waals surface area contributed by atoms with Crippen molar-refractivity contribution in [3.05, 3.63) is 71.5 Å². The van der Waals surface area contributed by atoms with Crippen molar-refractivity contribution in [1.82, 2.24) is 9.78 Å². The molecule has 3 aromatic rings. The molecular formula is C23H26ClN3O2. The molecular weight excluding hydrogens is 386 g/mol. The van der Waals surface area contributed by atoms with E-state index in [0.29, 0.717) is 0 Å². The zero-order valence-electron chi connectivity index (χ0n) is 17.0. The summed E-state index contributed by atoms with van der Waals surface area (Å²) in [5.74, 6) is 0. The fraction of sp³-hybridized carbons (Fsp3) is 0.304. The number of hydrogen-bond donors (Lipinski definition) is 1. The monoisotopic (exact) mass is 411 g/mol. The molecule has 0 aliphatic carbocycles. The molecule has 0 atom stereocenters. The third-order valence-corrected chi connectivity index (χ3v) is 4.66. The second-order valence-electron chi connectivity index (χ2n) is 7.85. The minimum absolute atomic E-state index is 0.486. The molecule has 0 unspecified atom stereocenters. The second kappa shape index (κ2) is 9.14. The van der Waals surface area contributed by atoms with Crippen molar-refractivity contribution in [3.63, 3.8) is 0 Å². The van der Waals surface area contributed by atoms with Gasteiger partial charge in [-0.2, -0.15) is 9.78 Å². The van der Waals surface area contributed by atoms with Gasteiger partial charge < -0.3 is 10.1 Å². The van der Waals surface area contributed by atoms with Gasteiger partial charge in [0.1, 0.15) is 5.60 Å². The van der Waals surface area contributed by atoms with Gasteiger partial charge in [0.05, 0.1) is 6.20 Å². The van der Waals surface area contributed by atoms with E-state index in [1.807, 2.05) is 63.2 Å². The maximum Gasteiger partial charge on any atom is 0.435 e. The van der Waals surface area contributed by atoms with Crippen LogP contribution in [0.25, 0.3) is 11.1 Å². The number of benzene rings is 2. The van der Waals surface area contributed by atoms with Gasteiger partial charge >= 0.3 is 6.09 Å². The van der Waals surface area contributed by atoms with Crippen LogP contribution in [0.5, 0.6) is 0 Å². The highest BCUT2D eigenvalue weighted by Gasteiger charge is 2.18. The van der Waals surface area contributed by atoms with Crippen LogP contribution in [0, 0.1) is 0 Å². The minimum Gasteiger partial charge on any atom is -0.442 e. The number of rotatable bonds is 6.